The molecule has 0 radical (unpaired) electrons. The van der Waals surface area contributed by atoms with Crippen LogP contribution in [-0.2, 0) is 4.79 Å². The molecule has 0 spiro atoms. The Balaban J connectivity index is 1.69. The van der Waals surface area contributed by atoms with Gasteiger partial charge in [0, 0.05) is 18.4 Å². The fourth-order valence-electron chi connectivity index (χ4n) is 3.34. The third kappa shape index (κ3) is 3.79. The molecule has 1 aliphatic rings. The maximum absolute atomic E-state index is 12.5. The predicted molar refractivity (Wildman–Crippen MR) is 88.6 cm³/mol. The first kappa shape index (κ1) is 14.9. The first-order valence-corrected chi connectivity index (χ1v) is 8.30. The minimum atomic E-state index is 0.0693. The molecule has 0 aliphatic heterocycles. The van der Waals surface area contributed by atoms with Gasteiger partial charge >= 0.3 is 0 Å². The number of nitrogens with zero attached hydrogens (tertiary/aromatic N) is 1. The molecule has 22 heavy (non-hydrogen) atoms. The van der Waals surface area contributed by atoms with Gasteiger partial charge in [-0.25, -0.2) is 0 Å². The third-order valence-corrected chi connectivity index (χ3v) is 4.52. The van der Waals surface area contributed by atoms with Gasteiger partial charge < -0.3 is 9.88 Å². The van der Waals surface area contributed by atoms with Crippen LogP contribution >= 0.6 is 0 Å². The predicted octanol–water partition coefficient (Wildman–Crippen LogP) is 3.92. The Labute approximate surface area is 132 Å². The van der Waals surface area contributed by atoms with E-state index >= 15 is 0 Å². The lowest BCUT2D eigenvalue weighted by Crippen LogP contribution is -2.37. The van der Waals surface area contributed by atoms with Crippen LogP contribution in [0.2, 0.25) is 0 Å². The van der Waals surface area contributed by atoms with Gasteiger partial charge in [0.1, 0.15) is 0 Å². The zero-order valence-electron chi connectivity index (χ0n) is 12.9. The van der Waals surface area contributed by atoms with E-state index < -0.39 is 0 Å². The monoisotopic (exact) mass is 296 g/mol. The molecule has 1 fully saturated rings. The van der Waals surface area contributed by atoms with E-state index in [9.17, 15) is 4.79 Å². The first-order chi connectivity index (χ1) is 10.8. The lowest BCUT2D eigenvalue weighted by Gasteiger charge is -2.25. The Morgan fingerprint density at radius 2 is 1.73 bits per heavy atom. The minimum Gasteiger partial charge on any atom is -0.353 e. The van der Waals surface area contributed by atoms with Crippen LogP contribution in [-0.4, -0.2) is 16.5 Å². The normalized spacial score (nSPS) is 17.1. The maximum Gasteiger partial charge on any atom is 0.222 e. The highest BCUT2D eigenvalue weighted by molar-refractivity contribution is 5.77. The maximum atomic E-state index is 12.5. The van der Waals surface area contributed by atoms with Crippen molar-refractivity contribution in [1.29, 1.82) is 0 Å². The number of nitrogens with one attached hydrogen (secondary N) is 1. The van der Waals surface area contributed by atoms with E-state index in [2.05, 4.69) is 22.0 Å². The van der Waals surface area contributed by atoms with Crippen molar-refractivity contribution in [2.24, 2.45) is 0 Å². The van der Waals surface area contributed by atoms with Crippen molar-refractivity contribution in [3.05, 3.63) is 60.4 Å². The standard InChI is InChI=1S/C19H24N2O/c22-19(20-17-11-5-2-6-12-17)15-18(21-13-7-8-14-21)16-9-3-1-4-10-16/h1,3-4,7-10,13-14,17-18H,2,5-6,11-12,15H2,(H,20,22)/t18-/m0/s1. The van der Waals surface area contributed by atoms with Crippen molar-refractivity contribution in [3.63, 3.8) is 0 Å². The van der Waals surface area contributed by atoms with Gasteiger partial charge in [0.05, 0.1) is 12.5 Å². The van der Waals surface area contributed by atoms with Gasteiger partial charge in [-0.15, -0.1) is 0 Å². The summed E-state index contributed by atoms with van der Waals surface area (Å²) in [6, 6.07) is 14.7. The van der Waals surface area contributed by atoms with Crippen LogP contribution in [0, 0.1) is 0 Å². The smallest absolute Gasteiger partial charge is 0.222 e. The second kappa shape index (κ2) is 7.30. The summed E-state index contributed by atoms with van der Waals surface area (Å²) in [5, 5.41) is 3.23. The van der Waals surface area contributed by atoms with Gasteiger partial charge in [0.25, 0.3) is 0 Å². The average molecular weight is 296 g/mol. The molecule has 1 aromatic carbocycles. The number of aromatic nitrogens is 1. The van der Waals surface area contributed by atoms with Crippen molar-refractivity contribution in [1.82, 2.24) is 9.88 Å². The lowest BCUT2D eigenvalue weighted by atomic mass is 9.95. The van der Waals surface area contributed by atoms with Crippen molar-refractivity contribution in [2.75, 3.05) is 0 Å². The Morgan fingerprint density at radius 3 is 2.41 bits per heavy atom. The second-order valence-corrected chi connectivity index (χ2v) is 6.16. The van der Waals surface area contributed by atoms with Gasteiger partial charge in [-0.1, -0.05) is 49.6 Å². The average Bonchev–Trinajstić information content (AvgIpc) is 3.08. The SMILES string of the molecule is O=C(C[C@@H](c1ccccc1)n1cccc1)NC1CCCCC1. The lowest BCUT2D eigenvalue weighted by molar-refractivity contribution is -0.122. The molecule has 2 aromatic rings. The van der Waals surface area contributed by atoms with E-state index in [-0.39, 0.29) is 11.9 Å². The molecule has 1 aliphatic carbocycles. The highest BCUT2D eigenvalue weighted by Crippen LogP contribution is 2.23. The topological polar surface area (TPSA) is 34.0 Å². The van der Waals surface area contributed by atoms with Gasteiger partial charge in [-0.05, 0) is 30.5 Å². The number of amides is 1. The first-order valence-electron chi connectivity index (χ1n) is 8.30. The summed E-state index contributed by atoms with van der Waals surface area (Å²) in [4.78, 5) is 12.5. The molecule has 1 aromatic heterocycles. The van der Waals surface area contributed by atoms with E-state index in [1.165, 1.54) is 24.8 Å². The van der Waals surface area contributed by atoms with Gasteiger partial charge in [-0.3, -0.25) is 4.79 Å². The third-order valence-electron chi connectivity index (χ3n) is 4.52. The van der Waals surface area contributed by atoms with Crippen LogP contribution in [0.25, 0.3) is 0 Å². The van der Waals surface area contributed by atoms with Gasteiger partial charge in [0.15, 0.2) is 0 Å². The molecular formula is C19H24N2O. The van der Waals surface area contributed by atoms with E-state index in [1.807, 2.05) is 42.7 Å². The van der Waals surface area contributed by atoms with Crippen LogP contribution < -0.4 is 5.32 Å². The molecule has 1 atom stereocenters. The van der Waals surface area contributed by atoms with Crippen LogP contribution in [0.3, 0.4) is 0 Å². The fraction of sp³-hybridized carbons (Fsp3) is 0.421. The second-order valence-electron chi connectivity index (χ2n) is 6.16. The minimum absolute atomic E-state index is 0.0693. The molecule has 3 rings (SSSR count). The van der Waals surface area contributed by atoms with Crippen molar-refractivity contribution < 1.29 is 4.79 Å². The number of hydrogen-bond donors (Lipinski definition) is 1. The Hall–Kier alpha value is -2.03. The summed E-state index contributed by atoms with van der Waals surface area (Å²) in [7, 11) is 0. The van der Waals surface area contributed by atoms with Crippen molar-refractivity contribution >= 4 is 5.91 Å². The number of benzene rings is 1. The van der Waals surface area contributed by atoms with Crippen LogP contribution in [0.1, 0.15) is 50.1 Å². The number of carbonyl (C=O) groups is 1. The molecule has 0 bridgehead atoms. The molecule has 3 heteroatoms. The van der Waals surface area contributed by atoms with Gasteiger partial charge in [-0.2, -0.15) is 0 Å². The van der Waals surface area contributed by atoms with Crippen LogP contribution in [0.5, 0.6) is 0 Å². The summed E-state index contributed by atoms with van der Waals surface area (Å²) in [5.74, 6) is 0.162. The molecule has 0 saturated heterocycles. The quantitative estimate of drug-likeness (QED) is 0.891. The van der Waals surface area contributed by atoms with Crippen LogP contribution in [0.4, 0.5) is 0 Å². The number of hydrogen-bond acceptors (Lipinski definition) is 1. The molecule has 3 nitrogen and oxygen atoms in total. The molecule has 0 unspecified atom stereocenters. The zero-order chi connectivity index (χ0) is 15.2. The summed E-state index contributed by atoms with van der Waals surface area (Å²) in [5.41, 5.74) is 1.18. The summed E-state index contributed by atoms with van der Waals surface area (Å²) in [6.45, 7) is 0. The Morgan fingerprint density at radius 1 is 1.05 bits per heavy atom. The van der Waals surface area contributed by atoms with Crippen LogP contribution in [0.15, 0.2) is 54.9 Å². The highest BCUT2D eigenvalue weighted by atomic mass is 16.1. The molecule has 1 N–H and O–H groups in total. The summed E-state index contributed by atoms with van der Waals surface area (Å²) >= 11 is 0. The molecule has 1 amide bonds. The summed E-state index contributed by atoms with van der Waals surface area (Å²) < 4.78 is 2.12. The molecular weight excluding hydrogens is 272 g/mol. The molecule has 1 saturated carbocycles. The van der Waals surface area contributed by atoms with E-state index in [0.29, 0.717) is 12.5 Å². The van der Waals surface area contributed by atoms with E-state index in [4.69, 9.17) is 0 Å². The fourth-order valence-corrected chi connectivity index (χ4v) is 3.34. The highest BCUT2D eigenvalue weighted by Gasteiger charge is 2.20. The van der Waals surface area contributed by atoms with Crippen molar-refractivity contribution in [3.8, 4) is 0 Å². The molecule has 1 heterocycles. The largest absolute Gasteiger partial charge is 0.353 e. The summed E-state index contributed by atoms with van der Waals surface area (Å²) in [6.07, 6.45) is 10.6. The van der Waals surface area contributed by atoms with Gasteiger partial charge in [0.2, 0.25) is 5.91 Å². The van der Waals surface area contributed by atoms with E-state index in [1.54, 1.807) is 0 Å². The Kier molecular flexibility index (Phi) is 4.94. The molecule has 116 valence electrons. The number of rotatable bonds is 5. The van der Waals surface area contributed by atoms with E-state index in [0.717, 1.165) is 12.8 Å². The Bertz CT molecular complexity index is 571. The number of carbonyl (C=O) groups excluding carboxylic acids is 1. The van der Waals surface area contributed by atoms with Crippen molar-refractivity contribution in [2.45, 2.75) is 50.6 Å². The zero-order valence-corrected chi connectivity index (χ0v) is 12.9.